The van der Waals surface area contributed by atoms with Gasteiger partial charge in [-0.1, -0.05) is 0 Å². The molecule has 0 aliphatic heterocycles. The van der Waals surface area contributed by atoms with Crippen molar-refractivity contribution < 1.29 is 18.0 Å². The largest absolute Gasteiger partial charge is 0.307 e. The number of halogens is 3. The van der Waals surface area contributed by atoms with Gasteiger partial charge in [-0.25, -0.2) is 4.39 Å². The third kappa shape index (κ3) is 2.34. The number of benzene rings is 1. The molecule has 14 heavy (non-hydrogen) atoms. The standard InChI is InChI=1S/C10H9F3O/c1-6-3-7(5-8(11)4-6)9(14)10(2,12)13/h3-5H,1-2H3. The fourth-order valence-electron chi connectivity index (χ4n) is 1.12. The van der Waals surface area contributed by atoms with E-state index in [1.54, 1.807) is 0 Å². The van der Waals surface area contributed by atoms with Crippen molar-refractivity contribution in [2.45, 2.75) is 19.8 Å². The Morgan fingerprint density at radius 1 is 1.29 bits per heavy atom. The maximum Gasteiger partial charge on any atom is 0.307 e. The molecule has 76 valence electrons. The molecule has 0 atom stereocenters. The Morgan fingerprint density at radius 3 is 2.29 bits per heavy atom. The van der Waals surface area contributed by atoms with E-state index in [2.05, 4.69) is 0 Å². The van der Waals surface area contributed by atoms with Gasteiger partial charge < -0.3 is 0 Å². The van der Waals surface area contributed by atoms with E-state index >= 15 is 0 Å². The molecule has 1 rings (SSSR count). The number of hydrogen-bond donors (Lipinski definition) is 0. The summed E-state index contributed by atoms with van der Waals surface area (Å²) in [5.74, 6) is -5.50. The molecular weight excluding hydrogens is 193 g/mol. The van der Waals surface area contributed by atoms with Crippen molar-refractivity contribution in [3.63, 3.8) is 0 Å². The van der Waals surface area contributed by atoms with E-state index < -0.39 is 17.5 Å². The lowest BCUT2D eigenvalue weighted by Crippen LogP contribution is -2.24. The second kappa shape index (κ2) is 3.44. The molecule has 0 aliphatic rings. The van der Waals surface area contributed by atoms with Crippen LogP contribution in [0.25, 0.3) is 0 Å². The smallest absolute Gasteiger partial charge is 0.287 e. The van der Waals surface area contributed by atoms with Gasteiger partial charge in [-0.15, -0.1) is 0 Å². The molecule has 0 unspecified atom stereocenters. The molecule has 0 saturated carbocycles. The summed E-state index contributed by atoms with van der Waals surface area (Å²) in [5, 5.41) is 0. The molecule has 4 heteroatoms. The average molecular weight is 202 g/mol. The van der Waals surface area contributed by atoms with Gasteiger partial charge in [0.25, 0.3) is 0 Å². The van der Waals surface area contributed by atoms with E-state index in [1.807, 2.05) is 0 Å². The minimum Gasteiger partial charge on any atom is -0.287 e. The summed E-state index contributed by atoms with van der Waals surface area (Å²) in [6.45, 7) is 2.03. The van der Waals surface area contributed by atoms with Gasteiger partial charge in [0, 0.05) is 12.5 Å². The molecule has 1 aromatic rings. The third-order valence-corrected chi connectivity index (χ3v) is 1.70. The summed E-state index contributed by atoms with van der Waals surface area (Å²) in [5.41, 5.74) is 0.146. The van der Waals surface area contributed by atoms with Crippen molar-refractivity contribution in [2.24, 2.45) is 0 Å². The summed E-state index contributed by atoms with van der Waals surface area (Å²) < 4.78 is 38.0. The predicted octanol–water partition coefficient (Wildman–Crippen LogP) is 2.97. The summed E-state index contributed by atoms with van der Waals surface area (Å²) in [7, 11) is 0. The van der Waals surface area contributed by atoms with E-state index in [4.69, 9.17) is 0 Å². The van der Waals surface area contributed by atoms with Crippen LogP contribution in [-0.2, 0) is 0 Å². The maximum atomic E-state index is 12.8. The van der Waals surface area contributed by atoms with Gasteiger partial charge >= 0.3 is 5.92 Å². The van der Waals surface area contributed by atoms with Crippen LogP contribution in [-0.4, -0.2) is 11.7 Å². The predicted molar refractivity (Wildman–Crippen MR) is 46.1 cm³/mol. The highest BCUT2D eigenvalue weighted by Gasteiger charge is 2.33. The quantitative estimate of drug-likeness (QED) is 0.674. The van der Waals surface area contributed by atoms with Gasteiger partial charge in [-0.3, -0.25) is 4.79 Å². The number of hydrogen-bond acceptors (Lipinski definition) is 1. The minimum absolute atomic E-state index is 0.296. The molecule has 0 aliphatic carbocycles. The number of aryl methyl sites for hydroxylation is 1. The summed E-state index contributed by atoms with van der Waals surface area (Å²) in [6.07, 6.45) is 0. The Kier molecular flexibility index (Phi) is 2.64. The number of alkyl halides is 2. The zero-order chi connectivity index (χ0) is 10.9. The lowest BCUT2D eigenvalue weighted by molar-refractivity contribution is 0.0221. The Morgan fingerprint density at radius 2 is 1.86 bits per heavy atom. The maximum absolute atomic E-state index is 12.8. The third-order valence-electron chi connectivity index (χ3n) is 1.70. The van der Waals surface area contributed by atoms with E-state index in [9.17, 15) is 18.0 Å². The van der Waals surface area contributed by atoms with Gasteiger partial charge in [0.15, 0.2) is 0 Å². The molecule has 0 amide bonds. The normalized spacial score (nSPS) is 11.5. The number of carbonyl (C=O) groups excluding carboxylic acids is 1. The molecule has 0 saturated heterocycles. The first-order valence-electron chi connectivity index (χ1n) is 4.00. The lowest BCUT2D eigenvalue weighted by Gasteiger charge is -2.09. The zero-order valence-corrected chi connectivity index (χ0v) is 7.77. The Bertz CT molecular complexity index is 346. The highest BCUT2D eigenvalue weighted by atomic mass is 19.3. The van der Waals surface area contributed by atoms with Crippen LogP contribution in [0, 0.1) is 12.7 Å². The van der Waals surface area contributed by atoms with Crippen molar-refractivity contribution in [1.29, 1.82) is 0 Å². The van der Waals surface area contributed by atoms with Crippen LogP contribution < -0.4 is 0 Å². The molecular formula is C10H9F3O. The topological polar surface area (TPSA) is 17.1 Å². The van der Waals surface area contributed by atoms with Crippen LogP contribution >= 0.6 is 0 Å². The Labute approximate surface area is 79.5 Å². The Hall–Kier alpha value is -1.32. The van der Waals surface area contributed by atoms with Gasteiger partial charge in [-0.05, 0) is 30.7 Å². The van der Waals surface area contributed by atoms with Crippen LogP contribution in [0.15, 0.2) is 18.2 Å². The van der Waals surface area contributed by atoms with Gasteiger partial charge in [0.2, 0.25) is 5.78 Å². The number of rotatable bonds is 2. The fourth-order valence-corrected chi connectivity index (χ4v) is 1.12. The van der Waals surface area contributed by atoms with Crippen molar-refractivity contribution >= 4 is 5.78 Å². The van der Waals surface area contributed by atoms with Crippen LogP contribution in [0.5, 0.6) is 0 Å². The molecule has 1 nitrogen and oxygen atoms in total. The fraction of sp³-hybridized carbons (Fsp3) is 0.300. The molecule has 0 radical (unpaired) electrons. The first kappa shape index (κ1) is 10.8. The second-order valence-corrected chi connectivity index (χ2v) is 3.23. The monoisotopic (exact) mass is 202 g/mol. The molecule has 0 fully saturated rings. The molecule has 0 spiro atoms. The van der Waals surface area contributed by atoms with Gasteiger partial charge in [0.05, 0.1) is 0 Å². The number of Topliss-reactive ketones (excluding diaryl/α,β-unsaturated/α-hetero) is 1. The highest BCUT2D eigenvalue weighted by molar-refractivity contribution is 6.01. The van der Waals surface area contributed by atoms with E-state index in [0.717, 1.165) is 6.07 Å². The molecule has 0 heterocycles. The lowest BCUT2D eigenvalue weighted by atomic mass is 10.0. The van der Waals surface area contributed by atoms with E-state index in [1.165, 1.54) is 19.1 Å². The number of ketones is 1. The first-order valence-corrected chi connectivity index (χ1v) is 4.00. The number of carbonyl (C=O) groups is 1. The Balaban J connectivity index is 3.14. The van der Waals surface area contributed by atoms with E-state index in [0.29, 0.717) is 12.5 Å². The zero-order valence-electron chi connectivity index (χ0n) is 7.77. The van der Waals surface area contributed by atoms with Crippen LogP contribution in [0.2, 0.25) is 0 Å². The van der Waals surface area contributed by atoms with Gasteiger partial charge in [-0.2, -0.15) is 8.78 Å². The van der Waals surface area contributed by atoms with Crippen LogP contribution in [0.3, 0.4) is 0 Å². The SMILES string of the molecule is Cc1cc(F)cc(C(=O)C(C)(F)F)c1. The molecule has 0 aromatic heterocycles. The van der Waals surface area contributed by atoms with Crippen molar-refractivity contribution in [3.05, 3.63) is 35.1 Å². The van der Waals surface area contributed by atoms with Gasteiger partial charge in [0.1, 0.15) is 5.82 Å². The van der Waals surface area contributed by atoms with Crippen LogP contribution in [0.4, 0.5) is 13.2 Å². The minimum atomic E-state index is -3.46. The van der Waals surface area contributed by atoms with Crippen molar-refractivity contribution in [1.82, 2.24) is 0 Å². The van der Waals surface area contributed by atoms with Crippen LogP contribution in [0.1, 0.15) is 22.8 Å². The van der Waals surface area contributed by atoms with Crippen molar-refractivity contribution in [2.75, 3.05) is 0 Å². The van der Waals surface area contributed by atoms with E-state index in [-0.39, 0.29) is 5.56 Å². The highest BCUT2D eigenvalue weighted by Crippen LogP contribution is 2.20. The molecule has 0 N–H and O–H groups in total. The molecule has 0 bridgehead atoms. The summed E-state index contributed by atoms with van der Waals surface area (Å²) in [6, 6.07) is 3.22. The van der Waals surface area contributed by atoms with Crippen molar-refractivity contribution in [3.8, 4) is 0 Å². The summed E-state index contributed by atoms with van der Waals surface area (Å²) >= 11 is 0. The second-order valence-electron chi connectivity index (χ2n) is 3.23. The first-order chi connectivity index (χ1) is 6.30. The molecule has 1 aromatic carbocycles. The average Bonchev–Trinajstić information content (AvgIpc) is 1.99. The summed E-state index contributed by atoms with van der Waals surface area (Å²) in [4.78, 5) is 11.1.